The summed E-state index contributed by atoms with van der Waals surface area (Å²) in [5, 5.41) is 11.3. The van der Waals surface area contributed by atoms with Gasteiger partial charge < -0.3 is 9.84 Å². The lowest BCUT2D eigenvalue weighted by molar-refractivity contribution is 0.364. The minimum atomic E-state index is -0.375. The summed E-state index contributed by atoms with van der Waals surface area (Å²) in [7, 11) is 0. The number of aliphatic imine (C=N–C) groups is 1. The molecule has 0 spiro atoms. The SMILES string of the molecule is C=CCOc1ccccc1N=Cc1cc(C(C)(C)C)cc(C(C)(C)c2ccccc2)c1O. The Hall–Kier alpha value is -3.33. The minimum Gasteiger partial charge on any atom is -0.507 e. The summed E-state index contributed by atoms with van der Waals surface area (Å²) < 4.78 is 5.72. The van der Waals surface area contributed by atoms with Crippen LogP contribution in [0.15, 0.2) is 84.4 Å². The molecule has 0 aromatic heterocycles. The van der Waals surface area contributed by atoms with Crippen LogP contribution in [0.1, 0.15) is 56.9 Å². The Bertz CT molecular complexity index is 1110. The molecule has 0 saturated carbocycles. The third-order valence-electron chi connectivity index (χ3n) is 5.74. The van der Waals surface area contributed by atoms with Crippen LogP contribution in [0.3, 0.4) is 0 Å². The molecule has 0 unspecified atom stereocenters. The fourth-order valence-corrected chi connectivity index (χ4v) is 3.65. The van der Waals surface area contributed by atoms with E-state index in [1.165, 1.54) is 0 Å². The Morgan fingerprint density at radius 3 is 2.22 bits per heavy atom. The standard InChI is InChI=1S/C29H33NO2/c1-7-17-32-26-16-12-11-15-25(26)30-20-21-18-23(28(2,3)4)19-24(27(21)31)29(5,6)22-13-9-8-10-14-22/h7-16,18-20,31H,1,17H2,2-6H3. The van der Waals surface area contributed by atoms with Crippen LogP contribution in [0.5, 0.6) is 11.5 Å². The zero-order chi connectivity index (χ0) is 23.4. The summed E-state index contributed by atoms with van der Waals surface area (Å²) in [6, 6.07) is 22.0. The first-order valence-electron chi connectivity index (χ1n) is 10.9. The molecule has 3 rings (SSSR count). The molecular formula is C29H33NO2. The lowest BCUT2D eigenvalue weighted by atomic mass is 9.74. The van der Waals surface area contributed by atoms with E-state index in [1.54, 1.807) is 12.3 Å². The molecule has 1 N–H and O–H groups in total. The molecule has 0 bridgehead atoms. The molecule has 0 atom stereocenters. The Morgan fingerprint density at radius 2 is 1.56 bits per heavy atom. The molecule has 0 fully saturated rings. The van der Waals surface area contributed by atoms with Crippen LogP contribution in [0.2, 0.25) is 0 Å². The molecule has 32 heavy (non-hydrogen) atoms. The first-order valence-corrected chi connectivity index (χ1v) is 10.9. The Morgan fingerprint density at radius 1 is 0.906 bits per heavy atom. The van der Waals surface area contributed by atoms with Gasteiger partial charge >= 0.3 is 0 Å². The maximum atomic E-state index is 11.3. The number of para-hydroxylation sites is 2. The van der Waals surface area contributed by atoms with Gasteiger partial charge in [0.05, 0.1) is 0 Å². The van der Waals surface area contributed by atoms with E-state index in [1.807, 2.05) is 48.5 Å². The highest BCUT2D eigenvalue weighted by molar-refractivity contribution is 5.87. The fourth-order valence-electron chi connectivity index (χ4n) is 3.65. The summed E-state index contributed by atoms with van der Waals surface area (Å²) in [4.78, 5) is 4.66. The number of benzene rings is 3. The Labute approximate surface area is 192 Å². The number of phenols is 1. The zero-order valence-electron chi connectivity index (χ0n) is 19.7. The molecule has 166 valence electrons. The van der Waals surface area contributed by atoms with E-state index in [0.29, 0.717) is 23.6 Å². The van der Waals surface area contributed by atoms with E-state index < -0.39 is 0 Å². The van der Waals surface area contributed by atoms with Crippen molar-refractivity contribution >= 4 is 11.9 Å². The van der Waals surface area contributed by atoms with E-state index >= 15 is 0 Å². The van der Waals surface area contributed by atoms with Crippen molar-refractivity contribution in [2.24, 2.45) is 4.99 Å². The van der Waals surface area contributed by atoms with Gasteiger partial charge in [0.15, 0.2) is 0 Å². The molecule has 3 nitrogen and oxygen atoms in total. The first kappa shape index (κ1) is 23.3. The average Bonchev–Trinajstić information content (AvgIpc) is 2.77. The van der Waals surface area contributed by atoms with Gasteiger partial charge in [0.2, 0.25) is 0 Å². The number of nitrogens with zero attached hydrogens (tertiary/aromatic N) is 1. The normalized spacial score (nSPS) is 12.2. The van der Waals surface area contributed by atoms with Gasteiger partial charge in [-0.1, -0.05) is 95.8 Å². The van der Waals surface area contributed by atoms with E-state index in [4.69, 9.17) is 4.74 Å². The highest BCUT2D eigenvalue weighted by atomic mass is 16.5. The molecule has 0 radical (unpaired) electrons. The summed E-state index contributed by atoms with van der Waals surface area (Å²) in [5.41, 5.74) is 4.12. The molecule has 0 amide bonds. The quantitative estimate of drug-likeness (QED) is 0.317. The molecule has 3 aromatic carbocycles. The molecule has 3 aromatic rings. The number of ether oxygens (including phenoxy) is 1. The van der Waals surface area contributed by atoms with Crippen molar-refractivity contribution < 1.29 is 9.84 Å². The molecule has 0 aliphatic carbocycles. The third kappa shape index (κ3) is 5.11. The van der Waals surface area contributed by atoms with Crippen molar-refractivity contribution in [3.05, 3.63) is 102 Å². The van der Waals surface area contributed by atoms with Crippen LogP contribution in [0, 0.1) is 0 Å². The molecular weight excluding hydrogens is 394 g/mol. The summed E-state index contributed by atoms with van der Waals surface area (Å²) in [6.07, 6.45) is 3.43. The van der Waals surface area contributed by atoms with Gasteiger partial charge in [-0.15, -0.1) is 0 Å². The number of phenolic OH excluding ortho intramolecular Hbond substituents is 1. The minimum absolute atomic E-state index is 0.0806. The van der Waals surface area contributed by atoms with Gasteiger partial charge in [-0.25, -0.2) is 0 Å². The molecule has 0 aliphatic rings. The van der Waals surface area contributed by atoms with E-state index in [2.05, 4.69) is 64.4 Å². The second kappa shape index (κ2) is 9.44. The topological polar surface area (TPSA) is 41.8 Å². The average molecular weight is 428 g/mol. The van der Waals surface area contributed by atoms with Crippen molar-refractivity contribution in [2.75, 3.05) is 6.61 Å². The van der Waals surface area contributed by atoms with E-state index in [-0.39, 0.29) is 16.6 Å². The van der Waals surface area contributed by atoms with Crippen LogP contribution in [-0.2, 0) is 10.8 Å². The predicted molar refractivity (Wildman–Crippen MR) is 135 cm³/mol. The van der Waals surface area contributed by atoms with Gasteiger partial charge in [-0.05, 0) is 34.7 Å². The number of hydrogen-bond donors (Lipinski definition) is 1. The molecule has 0 heterocycles. The predicted octanol–water partition coefficient (Wildman–Crippen LogP) is 7.33. The van der Waals surface area contributed by atoms with Crippen molar-refractivity contribution in [1.82, 2.24) is 0 Å². The summed E-state index contributed by atoms with van der Waals surface area (Å²) >= 11 is 0. The number of rotatable bonds is 7. The largest absolute Gasteiger partial charge is 0.507 e. The van der Waals surface area contributed by atoms with E-state index in [9.17, 15) is 5.11 Å². The zero-order valence-corrected chi connectivity index (χ0v) is 19.7. The smallest absolute Gasteiger partial charge is 0.145 e. The summed E-state index contributed by atoms with van der Waals surface area (Å²) in [6.45, 7) is 14.9. The first-order chi connectivity index (χ1) is 15.1. The number of aromatic hydroxyl groups is 1. The second-order valence-electron chi connectivity index (χ2n) is 9.53. The Kier molecular flexibility index (Phi) is 6.88. The van der Waals surface area contributed by atoms with Gasteiger partial charge in [0.25, 0.3) is 0 Å². The maximum Gasteiger partial charge on any atom is 0.145 e. The van der Waals surface area contributed by atoms with Gasteiger partial charge in [0.1, 0.15) is 23.8 Å². The Balaban J connectivity index is 2.12. The lowest BCUT2D eigenvalue weighted by Gasteiger charge is -2.30. The molecule has 0 saturated heterocycles. The highest BCUT2D eigenvalue weighted by Gasteiger charge is 2.29. The van der Waals surface area contributed by atoms with Crippen molar-refractivity contribution in [3.8, 4) is 11.5 Å². The lowest BCUT2D eigenvalue weighted by Crippen LogP contribution is -2.21. The molecule has 3 heteroatoms. The molecule has 0 aliphatic heterocycles. The van der Waals surface area contributed by atoms with Crippen LogP contribution in [0.25, 0.3) is 0 Å². The highest BCUT2D eigenvalue weighted by Crippen LogP contribution is 2.41. The van der Waals surface area contributed by atoms with Crippen molar-refractivity contribution in [2.45, 2.75) is 45.4 Å². The number of hydrogen-bond acceptors (Lipinski definition) is 3. The van der Waals surface area contributed by atoms with Crippen LogP contribution < -0.4 is 4.74 Å². The monoisotopic (exact) mass is 427 g/mol. The van der Waals surface area contributed by atoms with Crippen molar-refractivity contribution in [1.29, 1.82) is 0 Å². The van der Waals surface area contributed by atoms with Crippen LogP contribution >= 0.6 is 0 Å². The second-order valence-corrected chi connectivity index (χ2v) is 9.53. The summed E-state index contributed by atoms with van der Waals surface area (Å²) in [5.74, 6) is 0.931. The van der Waals surface area contributed by atoms with Gasteiger partial charge in [0, 0.05) is 22.8 Å². The van der Waals surface area contributed by atoms with Crippen LogP contribution in [0.4, 0.5) is 5.69 Å². The van der Waals surface area contributed by atoms with Gasteiger partial charge in [-0.3, -0.25) is 4.99 Å². The van der Waals surface area contributed by atoms with E-state index in [0.717, 1.165) is 16.7 Å². The van der Waals surface area contributed by atoms with Crippen molar-refractivity contribution in [3.63, 3.8) is 0 Å². The third-order valence-corrected chi connectivity index (χ3v) is 5.74. The maximum absolute atomic E-state index is 11.3. The fraction of sp³-hybridized carbons (Fsp3) is 0.276. The van der Waals surface area contributed by atoms with Crippen LogP contribution in [-0.4, -0.2) is 17.9 Å². The van der Waals surface area contributed by atoms with Gasteiger partial charge in [-0.2, -0.15) is 0 Å².